The number of aliphatic imine (C=N–C) groups is 1. The highest BCUT2D eigenvalue weighted by atomic mass is 16.5. The van der Waals surface area contributed by atoms with Crippen LogP contribution in [-0.2, 0) is 9.47 Å². The molecular weight excluding hydrogens is 270 g/mol. The van der Waals surface area contributed by atoms with Gasteiger partial charge in [-0.15, -0.1) is 0 Å². The van der Waals surface area contributed by atoms with Gasteiger partial charge in [-0.3, -0.25) is 4.98 Å². The third kappa shape index (κ3) is 3.39. The van der Waals surface area contributed by atoms with Crippen LogP contribution in [0.5, 0.6) is 0 Å². The summed E-state index contributed by atoms with van der Waals surface area (Å²) in [5.74, 6) is 0.453. The summed E-state index contributed by atoms with van der Waals surface area (Å²) in [5, 5.41) is 0. The van der Waals surface area contributed by atoms with Crippen LogP contribution < -0.4 is 0 Å². The molecule has 6 heteroatoms. The van der Waals surface area contributed by atoms with E-state index in [0.29, 0.717) is 30.2 Å². The number of aryl methyl sites for hydroxylation is 1. The summed E-state index contributed by atoms with van der Waals surface area (Å²) in [6.45, 7) is 8.03. The second-order valence-corrected chi connectivity index (χ2v) is 5.06. The van der Waals surface area contributed by atoms with Crippen molar-refractivity contribution in [2.24, 2.45) is 4.99 Å². The van der Waals surface area contributed by atoms with E-state index in [1.165, 1.54) is 7.11 Å². The van der Waals surface area contributed by atoms with E-state index in [4.69, 9.17) is 9.47 Å². The SMILES string of the molecule is COC(=O)c1ccnc(C)c1N=C(C)N1CCOC[C@H]1C. The monoisotopic (exact) mass is 291 g/mol. The number of carbonyl (C=O) groups is 1. The van der Waals surface area contributed by atoms with Gasteiger partial charge in [0.25, 0.3) is 0 Å². The van der Waals surface area contributed by atoms with E-state index in [1.54, 1.807) is 12.3 Å². The summed E-state index contributed by atoms with van der Waals surface area (Å²) in [5.41, 5.74) is 1.71. The quantitative estimate of drug-likeness (QED) is 0.473. The molecule has 6 nitrogen and oxygen atoms in total. The lowest BCUT2D eigenvalue weighted by Crippen LogP contribution is -2.46. The normalized spacial score (nSPS) is 19.5. The molecule has 1 aromatic rings. The average molecular weight is 291 g/mol. The summed E-state index contributed by atoms with van der Waals surface area (Å²) in [6, 6.07) is 1.90. The molecule has 1 atom stereocenters. The Morgan fingerprint density at radius 2 is 2.33 bits per heavy atom. The largest absolute Gasteiger partial charge is 0.465 e. The van der Waals surface area contributed by atoms with Gasteiger partial charge in [-0.05, 0) is 26.8 Å². The number of rotatable bonds is 2. The van der Waals surface area contributed by atoms with Crippen LogP contribution >= 0.6 is 0 Å². The van der Waals surface area contributed by atoms with Crippen LogP contribution in [-0.4, -0.2) is 54.6 Å². The van der Waals surface area contributed by atoms with Crippen LogP contribution in [0.3, 0.4) is 0 Å². The van der Waals surface area contributed by atoms with Crippen LogP contribution in [0.25, 0.3) is 0 Å². The Morgan fingerprint density at radius 3 is 3.00 bits per heavy atom. The Labute approximate surface area is 124 Å². The summed E-state index contributed by atoms with van der Waals surface area (Å²) >= 11 is 0. The number of hydrogen-bond acceptors (Lipinski definition) is 5. The van der Waals surface area contributed by atoms with Gasteiger partial charge in [0.15, 0.2) is 0 Å². The van der Waals surface area contributed by atoms with Gasteiger partial charge < -0.3 is 14.4 Å². The predicted octanol–water partition coefficient (Wildman–Crippen LogP) is 1.95. The summed E-state index contributed by atoms with van der Waals surface area (Å²) in [7, 11) is 1.36. The molecule has 1 fully saturated rings. The molecule has 2 rings (SSSR count). The lowest BCUT2D eigenvalue weighted by Gasteiger charge is -2.34. The maximum absolute atomic E-state index is 11.9. The van der Waals surface area contributed by atoms with Crippen LogP contribution in [0, 0.1) is 6.92 Å². The van der Waals surface area contributed by atoms with Gasteiger partial charge in [-0.1, -0.05) is 0 Å². The van der Waals surface area contributed by atoms with Crippen molar-refractivity contribution in [2.45, 2.75) is 26.8 Å². The Balaban J connectivity index is 2.37. The van der Waals surface area contributed by atoms with Crippen molar-refractivity contribution in [3.63, 3.8) is 0 Å². The minimum Gasteiger partial charge on any atom is -0.465 e. The molecule has 0 N–H and O–H groups in total. The van der Waals surface area contributed by atoms with E-state index in [9.17, 15) is 4.79 Å². The van der Waals surface area contributed by atoms with Crippen molar-refractivity contribution < 1.29 is 14.3 Å². The zero-order chi connectivity index (χ0) is 15.4. The van der Waals surface area contributed by atoms with E-state index in [0.717, 1.165) is 12.4 Å². The van der Waals surface area contributed by atoms with Crippen molar-refractivity contribution in [1.29, 1.82) is 0 Å². The lowest BCUT2D eigenvalue weighted by molar-refractivity contribution is 0.0330. The molecule has 0 aliphatic carbocycles. The Kier molecular flexibility index (Phi) is 4.90. The number of ether oxygens (including phenoxy) is 2. The molecule has 0 saturated carbocycles. The van der Waals surface area contributed by atoms with Gasteiger partial charge in [0.2, 0.25) is 0 Å². The average Bonchev–Trinajstić information content (AvgIpc) is 2.48. The molecule has 114 valence electrons. The lowest BCUT2D eigenvalue weighted by atomic mass is 10.2. The minimum atomic E-state index is -0.401. The van der Waals surface area contributed by atoms with Crippen molar-refractivity contribution in [2.75, 3.05) is 26.9 Å². The fourth-order valence-electron chi connectivity index (χ4n) is 2.41. The number of carbonyl (C=O) groups excluding carboxylic acids is 1. The Bertz CT molecular complexity index is 557. The van der Waals surface area contributed by atoms with E-state index >= 15 is 0 Å². The van der Waals surface area contributed by atoms with Gasteiger partial charge in [-0.2, -0.15) is 0 Å². The van der Waals surface area contributed by atoms with Crippen molar-refractivity contribution in [1.82, 2.24) is 9.88 Å². The number of methoxy groups -OCH3 is 1. The molecule has 0 bridgehead atoms. The van der Waals surface area contributed by atoms with E-state index < -0.39 is 5.97 Å². The highest BCUT2D eigenvalue weighted by Gasteiger charge is 2.21. The molecule has 0 amide bonds. The molecule has 1 aliphatic heterocycles. The topological polar surface area (TPSA) is 64.0 Å². The first-order valence-corrected chi connectivity index (χ1v) is 6.98. The molecular formula is C15H21N3O3. The molecule has 21 heavy (non-hydrogen) atoms. The minimum absolute atomic E-state index is 0.265. The maximum Gasteiger partial charge on any atom is 0.340 e. The summed E-state index contributed by atoms with van der Waals surface area (Å²) in [6.07, 6.45) is 1.59. The summed E-state index contributed by atoms with van der Waals surface area (Å²) in [4.78, 5) is 22.9. The first kappa shape index (κ1) is 15.4. The molecule has 1 saturated heterocycles. The number of aromatic nitrogens is 1. The van der Waals surface area contributed by atoms with Gasteiger partial charge in [0, 0.05) is 12.7 Å². The van der Waals surface area contributed by atoms with Crippen molar-refractivity contribution >= 4 is 17.5 Å². The molecule has 0 unspecified atom stereocenters. The van der Waals surface area contributed by atoms with Crippen LogP contribution in [0.15, 0.2) is 17.3 Å². The molecule has 0 aromatic carbocycles. The van der Waals surface area contributed by atoms with Crippen LogP contribution in [0.4, 0.5) is 5.69 Å². The molecule has 0 spiro atoms. The second-order valence-electron chi connectivity index (χ2n) is 5.06. The first-order valence-electron chi connectivity index (χ1n) is 6.98. The number of morpholine rings is 1. The van der Waals surface area contributed by atoms with E-state index in [-0.39, 0.29) is 6.04 Å². The Morgan fingerprint density at radius 1 is 1.57 bits per heavy atom. The molecule has 0 radical (unpaired) electrons. The summed E-state index contributed by atoms with van der Waals surface area (Å²) < 4.78 is 10.2. The number of hydrogen-bond donors (Lipinski definition) is 0. The van der Waals surface area contributed by atoms with Gasteiger partial charge in [0.1, 0.15) is 11.5 Å². The van der Waals surface area contributed by atoms with E-state index in [2.05, 4.69) is 21.8 Å². The highest BCUT2D eigenvalue weighted by molar-refractivity contribution is 5.97. The number of pyridine rings is 1. The van der Waals surface area contributed by atoms with Crippen molar-refractivity contribution in [3.8, 4) is 0 Å². The maximum atomic E-state index is 11.9. The van der Waals surface area contributed by atoms with Gasteiger partial charge >= 0.3 is 5.97 Å². The third-order valence-electron chi connectivity index (χ3n) is 3.57. The first-order chi connectivity index (χ1) is 10.0. The zero-order valence-corrected chi connectivity index (χ0v) is 12.9. The number of esters is 1. The third-order valence-corrected chi connectivity index (χ3v) is 3.57. The molecule has 1 aliphatic rings. The van der Waals surface area contributed by atoms with E-state index in [1.807, 2.05) is 13.8 Å². The smallest absolute Gasteiger partial charge is 0.340 e. The highest BCUT2D eigenvalue weighted by Crippen LogP contribution is 2.24. The Hall–Kier alpha value is -1.95. The standard InChI is InChI=1S/C15H21N3O3/c1-10-9-21-8-7-18(10)12(3)17-14-11(2)16-6-5-13(14)15(19)20-4/h5-6,10H,7-9H2,1-4H3/t10-/m1/s1. The molecule has 2 heterocycles. The fourth-order valence-corrected chi connectivity index (χ4v) is 2.41. The second kappa shape index (κ2) is 6.67. The van der Waals surface area contributed by atoms with Crippen LogP contribution in [0.1, 0.15) is 29.9 Å². The van der Waals surface area contributed by atoms with Crippen LogP contribution in [0.2, 0.25) is 0 Å². The predicted molar refractivity (Wildman–Crippen MR) is 80.1 cm³/mol. The fraction of sp³-hybridized carbons (Fsp3) is 0.533. The number of nitrogens with zero attached hydrogens (tertiary/aromatic N) is 3. The van der Waals surface area contributed by atoms with Crippen molar-refractivity contribution in [3.05, 3.63) is 23.5 Å². The van der Waals surface area contributed by atoms with Gasteiger partial charge in [-0.25, -0.2) is 9.79 Å². The number of amidine groups is 1. The molecule has 1 aromatic heterocycles. The van der Waals surface area contributed by atoms with Gasteiger partial charge in [0.05, 0.1) is 37.6 Å². The zero-order valence-electron chi connectivity index (χ0n) is 12.9.